The summed E-state index contributed by atoms with van der Waals surface area (Å²) in [5.41, 5.74) is 2.09. The highest BCUT2D eigenvalue weighted by atomic mass is 127. The molecule has 158 valence electrons. The monoisotopic (exact) mass is 522 g/mol. The molecule has 0 aliphatic carbocycles. The van der Waals surface area contributed by atoms with E-state index in [1.807, 2.05) is 29.2 Å². The van der Waals surface area contributed by atoms with Crippen LogP contribution in [0.3, 0.4) is 0 Å². The summed E-state index contributed by atoms with van der Waals surface area (Å²) in [5, 5.41) is 10.9. The van der Waals surface area contributed by atoms with Crippen LogP contribution in [0.5, 0.6) is 0 Å². The molecule has 0 spiro atoms. The van der Waals surface area contributed by atoms with Crippen LogP contribution in [0, 0.1) is 5.82 Å². The largest absolute Gasteiger partial charge is 0.352 e. The van der Waals surface area contributed by atoms with Crippen LogP contribution < -0.4 is 15.5 Å². The van der Waals surface area contributed by atoms with Gasteiger partial charge in [0, 0.05) is 38.9 Å². The molecule has 0 radical (unpaired) electrons. The van der Waals surface area contributed by atoms with Crippen molar-refractivity contribution in [2.45, 2.75) is 19.0 Å². The molecule has 0 saturated carbocycles. The maximum absolute atomic E-state index is 14.0. The summed E-state index contributed by atoms with van der Waals surface area (Å²) >= 11 is 0. The number of hydrogen-bond acceptors (Lipinski definition) is 5. The number of aromatic nitrogens is 4. The summed E-state index contributed by atoms with van der Waals surface area (Å²) in [6.07, 6.45) is 5.69. The Hall–Kier alpha value is -2.76. The van der Waals surface area contributed by atoms with Crippen molar-refractivity contribution >= 4 is 35.8 Å². The fraction of sp³-hybridized carbons (Fsp3) is 0.300. The number of nitrogens with one attached hydrogen (secondary N) is 2. The van der Waals surface area contributed by atoms with Crippen LogP contribution in [0.4, 0.5) is 10.2 Å². The number of aliphatic imine (C=N–C) groups is 1. The molecule has 1 atom stereocenters. The normalized spacial score (nSPS) is 16.3. The van der Waals surface area contributed by atoms with Gasteiger partial charge in [0.2, 0.25) is 0 Å². The van der Waals surface area contributed by atoms with Crippen molar-refractivity contribution in [3.8, 4) is 5.69 Å². The number of pyridine rings is 1. The summed E-state index contributed by atoms with van der Waals surface area (Å²) in [6, 6.07) is 11.3. The Labute approximate surface area is 191 Å². The van der Waals surface area contributed by atoms with Gasteiger partial charge in [-0.05, 0) is 36.2 Å². The zero-order valence-electron chi connectivity index (χ0n) is 16.6. The second-order valence-electron chi connectivity index (χ2n) is 6.82. The van der Waals surface area contributed by atoms with Crippen LogP contribution >= 0.6 is 24.0 Å². The number of benzene rings is 1. The number of hydrogen-bond donors (Lipinski definition) is 2. The van der Waals surface area contributed by atoms with Crippen molar-refractivity contribution < 1.29 is 4.39 Å². The first-order valence-electron chi connectivity index (χ1n) is 9.49. The van der Waals surface area contributed by atoms with Gasteiger partial charge in [0.1, 0.15) is 12.7 Å². The molecule has 2 aromatic heterocycles. The third-order valence-corrected chi connectivity index (χ3v) is 4.87. The van der Waals surface area contributed by atoms with Gasteiger partial charge in [0.25, 0.3) is 0 Å². The smallest absolute Gasteiger partial charge is 0.191 e. The van der Waals surface area contributed by atoms with E-state index in [4.69, 9.17) is 0 Å². The summed E-state index contributed by atoms with van der Waals surface area (Å²) in [6.45, 7) is 2.08. The van der Waals surface area contributed by atoms with Gasteiger partial charge in [-0.25, -0.2) is 19.0 Å². The van der Waals surface area contributed by atoms with Crippen LogP contribution in [-0.4, -0.2) is 51.9 Å². The minimum Gasteiger partial charge on any atom is -0.352 e. The first-order valence-corrected chi connectivity index (χ1v) is 9.49. The average molecular weight is 522 g/mol. The van der Waals surface area contributed by atoms with Gasteiger partial charge in [0.05, 0.1) is 5.69 Å². The minimum atomic E-state index is -0.287. The Morgan fingerprint density at radius 3 is 2.80 bits per heavy atom. The van der Waals surface area contributed by atoms with Crippen LogP contribution in [0.2, 0.25) is 0 Å². The number of anilines is 1. The van der Waals surface area contributed by atoms with Crippen molar-refractivity contribution in [1.82, 2.24) is 30.4 Å². The minimum absolute atomic E-state index is 0. The van der Waals surface area contributed by atoms with E-state index in [2.05, 4.69) is 30.7 Å². The van der Waals surface area contributed by atoms with Gasteiger partial charge in [0.15, 0.2) is 17.6 Å². The molecule has 2 N–H and O–H groups in total. The molecular weight excluding hydrogens is 498 g/mol. The average Bonchev–Trinajstić information content (AvgIpc) is 3.44. The lowest BCUT2D eigenvalue weighted by Crippen LogP contribution is -2.44. The Balaban J connectivity index is 0.00000256. The first-order chi connectivity index (χ1) is 14.2. The van der Waals surface area contributed by atoms with Gasteiger partial charge < -0.3 is 15.5 Å². The number of rotatable bonds is 5. The highest BCUT2D eigenvalue weighted by Crippen LogP contribution is 2.20. The summed E-state index contributed by atoms with van der Waals surface area (Å²) in [7, 11) is 1.74. The van der Waals surface area contributed by atoms with E-state index in [0.29, 0.717) is 18.9 Å². The molecule has 1 aromatic carbocycles. The lowest BCUT2D eigenvalue weighted by atomic mass is 10.2. The van der Waals surface area contributed by atoms with Gasteiger partial charge in [-0.15, -0.1) is 24.0 Å². The van der Waals surface area contributed by atoms with E-state index in [1.165, 1.54) is 12.4 Å². The quantitative estimate of drug-likeness (QED) is 0.304. The SMILES string of the molecule is CN=C(NCc1ccc(-n2cncn2)cc1)NC1CCN(c2ncccc2F)C1.I. The molecule has 1 aliphatic rings. The summed E-state index contributed by atoms with van der Waals surface area (Å²) in [4.78, 5) is 14.4. The molecule has 4 rings (SSSR count). The standard InChI is InChI=1S/C20H23FN8.HI/c1-22-20(25-11-15-4-6-17(7-5-15)29-14-23-13-26-29)27-16-8-10-28(12-16)19-18(21)3-2-9-24-19;/h2-7,9,13-14,16H,8,10-12H2,1H3,(H2,22,25,27);1H. The molecule has 1 aliphatic heterocycles. The maximum Gasteiger partial charge on any atom is 0.191 e. The molecule has 1 fully saturated rings. The van der Waals surface area contributed by atoms with Crippen molar-refractivity contribution in [3.63, 3.8) is 0 Å². The highest BCUT2D eigenvalue weighted by molar-refractivity contribution is 14.0. The van der Waals surface area contributed by atoms with Crippen LogP contribution in [0.25, 0.3) is 5.69 Å². The predicted molar refractivity (Wildman–Crippen MR) is 125 cm³/mol. The van der Waals surface area contributed by atoms with Gasteiger partial charge in [-0.2, -0.15) is 5.10 Å². The molecule has 10 heteroatoms. The second-order valence-corrected chi connectivity index (χ2v) is 6.82. The van der Waals surface area contributed by atoms with E-state index in [9.17, 15) is 4.39 Å². The third kappa shape index (κ3) is 5.23. The van der Waals surface area contributed by atoms with Crippen molar-refractivity contribution in [3.05, 3.63) is 66.6 Å². The Kier molecular flexibility index (Phi) is 7.55. The van der Waals surface area contributed by atoms with E-state index in [-0.39, 0.29) is 35.8 Å². The molecule has 1 unspecified atom stereocenters. The zero-order valence-corrected chi connectivity index (χ0v) is 18.9. The Morgan fingerprint density at radius 2 is 2.10 bits per heavy atom. The van der Waals surface area contributed by atoms with Gasteiger partial charge in [-0.3, -0.25) is 4.99 Å². The van der Waals surface area contributed by atoms with Crippen LogP contribution in [0.1, 0.15) is 12.0 Å². The fourth-order valence-electron chi connectivity index (χ4n) is 3.36. The molecule has 0 bridgehead atoms. The van der Waals surface area contributed by atoms with Crippen LogP contribution in [-0.2, 0) is 6.54 Å². The summed E-state index contributed by atoms with van der Waals surface area (Å²) in [5.74, 6) is 0.843. The van der Waals surface area contributed by atoms with E-state index < -0.39 is 0 Å². The van der Waals surface area contributed by atoms with E-state index >= 15 is 0 Å². The second kappa shape index (κ2) is 10.3. The zero-order chi connectivity index (χ0) is 20.1. The summed E-state index contributed by atoms with van der Waals surface area (Å²) < 4.78 is 15.7. The van der Waals surface area contributed by atoms with E-state index in [0.717, 1.165) is 30.2 Å². The van der Waals surface area contributed by atoms with Crippen molar-refractivity contribution in [2.75, 3.05) is 25.0 Å². The molecule has 30 heavy (non-hydrogen) atoms. The number of halogens is 2. The molecule has 3 aromatic rings. The van der Waals surface area contributed by atoms with Crippen molar-refractivity contribution in [1.29, 1.82) is 0 Å². The van der Waals surface area contributed by atoms with Crippen LogP contribution in [0.15, 0.2) is 60.2 Å². The topological polar surface area (TPSA) is 83.3 Å². The molecule has 1 saturated heterocycles. The maximum atomic E-state index is 14.0. The third-order valence-electron chi connectivity index (χ3n) is 4.87. The lowest BCUT2D eigenvalue weighted by molar-refractivity contribution is 0.612. The molecular formula is C20H24FIN8. The fourth-order valence-corrected chi connectivity index (χ4v) is 3.36. The number of guanidine groups is 1. The molecule has 8 nitrogen and oxygen atoms in total. The van der Waals surface area contributed by atoms with Gasteiger partial charge in [-0.1, -0.05) is 12.1 Å². The molecule has 0 amide bonds. The van der Waals surface area contributed by atoms with Crippen molar-refractivity contribution in [2.24, 2.45) is 4.99 Å². The Morgan fingerprint density at radius 1 is 1.27 bits per heavy atom. The molecule has 3 heterocycles. The highest BCUT2D eigenvalue weighted by Gasteiger charge is 2.25. The Bertz CT molecular complexity index is 961. The predicted octanol–water partition coefficient (Wildman–Crippen LogP) is 2.36. The lowest BCUT2D eigenvalue weighted by Gasteiger charge is -2.20. The van der Waals surface area contributed by atoms with E-state index in [1.54, 1.807) is 30.3 Å². The van der Waals surface area contributed by atoms with Gasteiger partial charge >= 0.3 is 0 Å². The first kappa shape index (κ1) is 21.9. The number of nitrogens with zero attached hydrogens (tertiary/aromatic N) is 6.